The third-order valence-electron chi connectivity index (χ3n) is 0.482. The van der Waals surface area contributed by atoms with Crippen LogP contribution in [0.4, 0.5) is 0 Å². The van der Waals surface area contributed by atoms with Crippen LogP contribution in [0.5, 0.6) is 0 Å². The lowest BCUT2D eigenvalue weighted by Crippen LogP contribution is -2.01. The van der Waals surface area contributed by atoms with Crippen LogP contribution in [0.3, 0.4) is 0 Å². The monoisotopic (exact) mass is 174 g/mol. The summed E-state index contributed by atoms with van der Waals surface area (Å²) in [6.45, 7) is 0. The van der Waals surface area contributed by atoms with Gasteiger partial charge in [-0.15, -0.1) is 0 Å². The molecule has 0 saturated carbocycles. The number of hydrogen-bond donors (Lipinski definition) is 2. The van der Waals surface area contributed by atoms with Crippen LogP contribution in [0.2, 0.25) is 0 Å². The second kappa shape index (κ2) is 3.79. The fourth-order valence-electron chi connectivity index (χ4n) is 0.111. The molecule has 4 N–H and O–H groups in total. The lowest BCUT2D eigenvalue weighted by molar-refractivity contribution is 0.272. The van der Waals surface area contributed by atoms with Gasteiger partial charge in [0.2, 0.25) is 0 Å². The van der Waals surface area contributed by atoms with Gasteiger partial charge in [-0.25, -0.2) is 21.0 Å². The standard InChI is InChI=1S/CH7N2O2PS2/c1-8-6(7,4-2)5-3/h2-3H2,1H3. The van der Waals surface area contributed by atoms with Crippen LogP contribution < -0.4 is 11.8 Å². The van der Waals surface area contributed by atoms with E-state index in [1.165, 1.54) is 11.4 Å². The van der Waals surface area contributed by atoms with Crippen molar-refractivity contribution in [1.29, 1.82) is 0 Å². The van der Waals surface area contributed by atoms with Gasteiger partial charge in [0.15, 0.2) is 0 Å². The van der Waals surface area contributed by atoms with Gasteiger partial charge in [-0.1, -0.05) is 11.4 Å². The first-order valence-electron chi connectivity index (χ1n) is 1.61. The Morgan fingerprint density at radius 2 is 1.88 bits per heavy atom. The number of nitrogens with two attached hydrogens (primary N) is 2. The summed E-state index contributed by atoms with van der Waals surface area (Å²) >= 11 is 5.89. The summed E-state index contributed by atoms with van der Waals surface area (Å²) in [5.41, 5.74) is -2.36. The molecule has 7 heteroatoms. The molecule has 8 heavy (non-hydrogen) atoms. The Kier molecular flexibility index (Phi) is 4.19. The summed E-state index contributed by atoms with van der Waals surface area (Å²) in [6.07, 6.45) is 1.72. The molecule has 50 valence electrons. The van der Waals surface area contributed by atoms with Crippen molar-refractivity contribution in [2.45, 2.75) is 0 Å². The molecular weight excluding hydrogens is 167 g/mol. The number of hydrogen-bond acceptors (Lipinski definition) is 6. The molecule has 4 nitrogen and oxygen atoms in total. The zero-order valence-corrected chi connectivity index (χ0v) is 6.76. The quantitative estimate of drug-likeness (QED) is 0.475. The molecule has 0 unspecified atom stereocenters. The minimum absolute atomic E-state index is 1.20. The lowest BCUT2D eigenvalue weighted by Gasteiger charge is -2.10. The first-order valence-corrected chi connectivity index (χ1v) is 6.08. The average Bonchev–Trinajstić information content (AvgIpc) is 1.87. The van der Waals surface area contributed by atoms with Crippen molar-refractivity contribution in [2.24, 2.45) is 11.8 Å². The highest BCUT2D eigenvalue weighted by Gasteiger charge is 2.13. The smallest absolute Gasteiger partial charge is 0.235 e. The summed E-state index contributed by atoms with van der Waals surface area (Å²) in [5.74, 6) is 9.49. The lowest BCUT2D eigenvalue weighted by atomic mass is 12.0. The van der Waals surface area contributed by atoms with E-state index in [0.29, 0.717) is 0 Å². The van der Waals surface area contributed by atoms with Gasteiger partial charge in [0, 0.05) is 0 Å². The molecule has 0 heterocycles. The van der Waals surface area contributed by atoms with Gasteiger partial charge in [-0.05, 0) is 18.1 Å². The predicted octanol–water partition coefficient (Wildman–Crippen LogP) is 0.355. The first kappa shape index (κ1) is 8.84. The maximum Gasteiger partial charge on any atom is 0.279 e. The normalized spacial score (nSPS) is 11.9. The topological polar surface area (TPSA) is 70.5 Å². The van der Waals surface area contributed by atoms with Gasteiger partial charge in [-0.2, -0.15) is 0 Å². The van der Waals surface area contributed by atoms with E-state index in [1.807, 2.05) is 0 Å². The highest BCUT2D eigenvalue weighted by atomic mass is 32.9. The Hall–Kier alpha value is 0.840. The molecule has 0 spiro atoms. The molecule has 0 aliphatic heterocycles. The highest BCUT2D eigenvalue weighted by Crippen LogP contribution is 2.56. The van der Waals surface area contributed by atoms with Gasteiger partial charge in [0.1, 0.15) is 0 Å². The van der Waals surface area contributed by atoms with Crippen LogP contribution in [-0.4, -0.2) is 6.26 Å². The van der Waals surface area contributed by atoms with Crippen LogP contribution in [0.25, 0.3) is 0 Å². The zero-order valence-electron chi connectivity index (χ0n) is 4.23. The third-order valence-corrected chi connectivity index (χ3v) is 5.16. The van der Waals surface area contributed by atoms with Crippen molar-refractivity contribution in [3.63, 3.8) is 0 Å². The molecule has 0 aromatic carbocycles. The maximum absolute atomic E-state index is 4.75. The van der Waals surface area contributed by atoms with Crippen molar-refractivity contribution in [1.82, 2.24) is 0 Å². The van der Waals surface area contributed by atoms with Crippen LogP contribution in [0.1, 0.15) is 0 Å². The zero-order chi connectivity index (χ0) is 6.62. The van der Waals surface area contributed by atoms with Crippen LogP contribution in [0.15, 0.2) is 0 Å². The van der Waals surface area contributed by atoms with E-state index in [2.05, 4.69) is 21.1 Å². The number of rotatable bonds is 3. The minimum Gasteiger partial charge on any atom is -0.235 e. The van der Waals surface area contributed by atoms with Crippen molar-refractivity contribution in [3.8, 4) is 0 Å². The molecular formula is CH7N2O2PS2. The van der Waals surface area contributed by atoms with Gasteiger partial charge < -0.3 is 0 Å². The van der Waals surface area contributed by atoms with E-state index in [9.17, 15) is 0 Å². The van der Waals surface area contributed by atoms with Crippen molar-refractivity contribution >= 4 is 28.9 Å². The molecule has 0 bridgehead atoms. The van der Waals surface area contributed by atoms with Crippen molar-refractivity contribution in [3.05, 3.63) is 0 Å². The van der Waals surface area contributed by atoms with E-state index in [1.54, 1.807) is 6.26 Å². The second-order valence-electron chi connectivity index (χ2n) is 0.841. The van der Waals surface area contributed by atoms with Crippen molar-refractivity contribution < 1.29 is 9.25 Å². The summed E-state index contributed by atoms with van der Waals surface area (Å²) in [5, 5.41) is 0. The van der Waals surface area contributed by atoms with Gasteiger partial charge in [-0.3, -0.25) is 0 Å². The SMILES string of the molecule is CSP(=S)(ON)ON. The molecule has 0 saturated heterocycles. The van der Waals surface area contributed by atoms with E-state index < -0.39 is 5.69 Å². The largest absolute Gasteiger partial charge is 0.279 e. The maximum atomic E-state index is 4.75. The summed E-state index contributed by atoms with van der Waals surface area (Å²) in [7, 11) is 0. The highest BCUT2D eigenvalue weighted by molar-refractivity contribution is 8.67. The molecule has 0 fully saturated rings. The van der Waals surface area contributed by atoms with E-state index in [0.717, 1.165) is 0 Å². The molecule has 0 aromatic rings. The van der Waals surface area contributed by atoms with Gasteiger partial charge in [0.25, 0.3) is 5.69 Å². The molecule has 0 atom stereocenters. The fraction of sp³-hybridized carbons (Fsp3) is 1.00. The Morgan fingerprint density at radius 1 is 1.50 bits per heavy atom. The first-order chi connectivity index (χ1) is 3.68. The predicted molar refractivity (Wildman–Crippen MR) is 38.3 cm³/mol. The molecule has 0 aromatic heterocycles. The van der Waals surface area contributed by atoms with Crippen LogP contribution >= 0.6 is 17.1 Å². The summed E-state index contributed by atoms with van der Waals surface area (Å²) in [4.78, 5) is 0. The summed E-state index contributed by atoms with van der Waals surface area (Å²) < 4.78 is 8.56. The van der Waals surface area contributed by atoms with Crippen LogP contribution in [-0.2, 0) is 21.1 Å². The minimum atomic E-state index is -2.36. The van der Waals surface area contributed by atoms with Crippen molar-refractivity contribution in [2.75, 3.05) is 6.26 Å². The Labute approximate surface area is 56.7 Å². The summed E-state index contributed by atoms with van der Waals surface area (Å²) in [6, 6.07) is 0. The molecule has 0 aliphatic rings. The average molecular weight is 174 g/mol. The molecule has 0 radical (unpaired) electrons. The van der Waals surface area contributed by atoms with Gasteiger partial charge in [0.05, 0.1) is 0 Å². The fourth-order valence-corrected chi connectivity index (χ4v) is 0.849. The Balaban J connectivity index is 3.79. The molecule has 0 amide bonds. The Bertz CT molecular complexity index is 89.2. The van der Waals surface area contributed by atoms with E-state index in [4.69, 9.17) is 11.8 Å². The van der Waals surface area contributed by atoms with Gasteiger partial charge >= 0.3 is 0 Å². The van der Waals surface area contributed by atoms with Crippen LogP contribution in [0, 0.1) is 0 Å². The molecule has 0 rings (SSSR count). The third kappa shape index (κ3) is 2.41. The molecule has 0 aliphatic carbocycles. The second-order valence-corrected chi connectivity index (χ2v) is 7.19. The van der Waals surface area contributed by atoms with E-state index in [-0.39, 0.29) is 0 Å². The van der Waals surface area contributed by atoms with E-state index >= 15 is 0 Å². The Morgan fingerprint density at radius 3 is 1.88 bits per heavy atom.